The number of hydrogen-bond acceptors (Lipinski definition) is 4. The van der Waals surface area contributed by atoms with Crippen LogP contribution in [0.5, 0.6) is 0 Å². The number of methoxy groups -OCH3 is 1. The van der Waals surface area contributed by atoms with Crippen LogP contribution in [0, 0.1) is 5.82 Å². The van der Waals surface area contributed by atoms with Gasteiger partial charge < -0.3 is 15.2 Å². The van der Waals surface area contributed by atoms with E-state index in [1.54, 1.807) is 12.1 Å². The fourth-order valence-electron chi connectivity index (χ4n) is 1.57. The van der Waals surface area contributed by atoms with E-state index in [9.17, 15) is 14.3 Å². The zero-order chi connectivity index (χ0) is 14.3. The summed E-state index contributed by atoms with van der Waals surface area (Å²) in [5.74, 6) is -0.701. The zero-order valence-electron chi connectivity index (χ0n) is 10.7. The van der Waals surface area contributed by atoms with Gasteiger partial charge in [-0.25, -0.2) is 4.39 Å². The molecule has 6 heteroatoms. The lowest BCUT2D eigenvalue weighted by molar-refractivity contribution is -0.142. The lowest BCUT2D eigenvalue weighted by Gasteiger charge is -2.11. The highest BCUT2D eigenvalue weighted by Gasteiger charge is 2.10. The number of benzene rings is 1. The Kier molecular flexibility index (Phi) is 6.97. The molecule has 4 nitrogen and oxygen atoms in total. The number of hydrogen-bond donors (Lipinski definition) is 2. The molecule has 0 heterocycles. The van der Waals surface area contributed by atoms with Gasteiger partial charge in [0.05, 0.1) is 19.6 Å². The van der Waals surface area contributed by atoms with Gasteiger partial charge in [0.15, 0.2) is 0 Å². The SMILES string of the molecule is COC(=O)CC(O)CNCCc1cc(Br)ccc1F. The highest BCUT2D eigenvalue weighted by molar-refractivity contribution is 9.10. The van der Waals surface area contributed by atoms with E-state index >= 15 is 0 Å². The summed E-state index contributed by atoms with van der Waals surface area (Å²) in [4.78, 5) is 10.9. The lowest BCUT2D eigenvalue weighted by Crippen LogP contribution is -2.30. The Morgan fingerprint density at radius 2 is 2.32 bits per heavy atom. The van der Waals surface area contributed by atoms with Crippen molar-refractivity contribution in [1.29, 1.82) is 0 Å². The molecule has 0 spiro atoms. The van der Waals surface area contributed by atoms with E-state index in [4.69, 9.17) is 0 Å². The normalized spacial score (nSPS) is 12.2. The minimum absolute atomic E-state index is 0.0469. The second kappa shape index (κ2) is 8.24. The van der Waals surface area contributed by atoms with Crippen molar-refractivity contribution in [3.63, 3.8) is 0 Å². The first-order valence-corrected chi connectivity index (χ1v) is 6.71. The van der Waals surface area contributed by atoms with E-state index in [1.807, 2.05) is 0 Å². The molecule has 1 atom stereocenters. The molecule has 106 valence electrons. The quantitative estimate of drug-likeness (QED) is 0.588. The summed E-state index contributed by atoms with van der Waals surface area (Å²) in [6.45, 7) is 0.788. The predicted molar refractivity (Wildman–Crippen MR) is 73.3 cm³/mol. The Morgan fingerprint density at radius 1 is 1.58 bits per heavy atom. The topological polar surface area (TPSA) is 58.6 Å². The van der Waals surface area contributed by atoms with E-state index in [0.29, 0.717) is 18.5 Å². The molecule has 19 heavy (non-hydrogen) atoms. The van der Waals surface area contributed by atoms with Crippen LogP contribution in [-0.4, -0.2) is 37.4 Å². The third-order valence-corrected chi connectivity index (χ3v) is 3.08. The van der Waals surface area contributed by atoms with Gasteiger partial charge in [-0.1, -0.05) is 15.9 Å². The van der Waals surface area contributed by atoms with Crippen LogP contribution >= 0.6 is 15.9 Å². The molecule has 1 aromatic carbocycles. The van der Waals surface area contributed by atoms with Crippen LogP contribution in [0.1, 0.15) is 12.0 Å². The summed E-state index contributed by atoms with van der Waals surface area (Å²) in [5.41, 5.74) is 0.601. The van der Waals surface area contributed by atoms with Crippen molar-refractivity contribution < 1.29 is 19.0 Å². The van der Waals surface area contributed by atoms with Crippen molar-refractivity contribution in [2.45, 2.75) is 18.9 Å². The third-order valence-electron chi connectivity index (χ3n) is 2.59. The summed E-state index contributed by atoms with van der Waals surface area (Å²) in [6, 6.07) is 4.78. The van der Waals surface area contributed by atoms with Crippen molar-refractivity contribution >= 4 is 21.9 Å². The van der Waals surface area contributed by atoms with E-state index in [-0.39, 0.29) is 18.8 Å². The summed E-state index contributed by atoms with van der Waals surface area (Å²) in [5, 5.41) is 12.5. The first-order chi connectivity index (χ1) is 9.02. The number of carbonyl (C=O) groups is 1. The van der Waals surface area contributed by atoms with E-state index < -0.39 is 12.1 Å². The van der Waals surface area contributed by atoms with Crippen LogP contribution in [0.15, 0.2) is 22.7 Å². The number of aliphatic hydroxyl groups excluding tert-OH is 1. The Morgan fingerprint density at radius 3 is 3.00 bits per heavy atom. The Bertz CT molecular complexity index is 428. The van der Waals surface area contributed by atoms with Crippen LogP contribution < -0.4 is 5.32 Å². The van der Waals surface area contributed by atoms with E-state index in [0.717, 1.165) is 4.47 Å². The lowest BCUT2D eigenvalue weighted by atomic mass is 10.1. The second-order valence-electron chi connectivity index (χ2n) is 4.12. The molecular weight excluding hydrogens is 317 g/mol. The van der Waals surface area contributed by atoms with E-state index in [1.165, 1.54) is 13.2 Å². The monoisotopic (exact) mass is 333 g/mol. The maximum absolute atomic E-state index is 13.4. The highest BCUT2D eigenvalue weighted by atomic mass is 79.9. The molecule has 1 rings (SSSR count). The fraction of sp³-hybridized carbons (Fsp3) is 0.462. The molecule has 1 unspecified atom stereocenters. The largest absolute Gasteiger partial charge is 0.469 e. The average molecular weight is 334 g/mol. The molecule has 0 bridgehead atoms. The number of nitrogens with one attached hydrogen (secondary N) is 1. The predicted octanol–water partition coefficient (Wildman–Crippen LogP) is 1.64. The first kappa shape index (κ1) is 16.1. The van der Waals surface area contributed by atoms with Crippen molar-refractivity contribution in [1.82, 2.24) is 5.32 Å². The molecule has 1 aromatic rings. The van der Waals surface area contributed by atoms with Gasteiger partial charge in [-0.2, -0.15) is 0 Å². The van der Waals surface area contributed by atoms with Crippen molar-refractivity contribution in [3.8, 4) is 0 Å². The fourth-order valence-corrected chi connectivity index (χ4v) is 1.98. The third kappa shape index (κ3) is 6.13. The van der Waals surface area contributed by atoms with Gasteiger partial charge >= 0.3 is 5.97 Å². The Balaban J connectivity index is 2.27. The summed E-state index contributed by atoms with van der Waals surface area (Å²) in [6.07, 6.45) is -0.329. The van der Waals surface area contributed by atoms with Gasteiger partial charge in [0, 0.05) is 11.0 Å². The van der Waals surface area contributed by atoms with Gasteiger partial charge in [-0.15, -0.1) is 0 Å². The number of halogens is 2. The molecule has 0 fully saturated rings. The minimum Gasteiger partial charge on any atom is -0.469 e. The smallest absolute Gasteiger partial charge is 0.308 e. The van der Waals surface area contributed by atoms with Gasteiger partial charge in [0.2, 0.25) is 0 Å². The zero-order valence-corrected chi connectivity index (χ0v) is 12.2. The molecule has 0 saturated carbocycles. The first-order valence-electron chi connectivity index (χ1n) is 5.92. The van der Waals surface area contributed by atoms with Gasteiger partial charge in [-0.05, 0) is 36.7 Å². The van der Waals surface area contributed by atoms with E-state index in [2.05, 4.69) is 26.0 Å². The maximum atomic E-state index is 13.4. The summed E-state index contributed by atoms with van der Waals surface area (Å²) < 4.78 is 18.7. The van der Waals surface area contributed by atoms with Crippen molar-refractivity contribution in [2.75, 3.05) is 20.2 Å². The van der Waals surface area contributed by atoms with Gasteiger partial charge in [0.1, 0.15) is 5.82 Å². The standard InChI is InChI=1S/C13H17BrFNO3/c1-19-13(18)7-11(17)8-16-5-4-9-6-10(14)2-3-12(9)15/h2-3,6,11,16-17H,4-5,7-8H2,1H3. The molecule has 0 saturated heterocycles. The van der Waals surface area contributed by atoms with Gasteiger partial charge in [-0.3, -0.25) is 4.79 Å². The number of ether oxygens (including phenoxy) is 1. The molecular formula is C13H17BrFNO3. The molecule has 0 aromatic heterocycles. The molecule has 0 amide bonds. The van der Waals surface area contributed by atoms with Crippen LogP contribution in [0.2, 0.25) is 0 Å². The summed E-state index contributed by atoms with van der Waals surface area (Å²) in [7, 11) is 1.28. The number of rotatable bonds is 7. The van der Waals surface area contributed by atoms with Crippen molar-refractivity contribution in [3.05, 3.63) is 34.1 Å². The molecule has 0 radical (unpaired) electrons. The van der Waals surface area contributed by atoms with Gasteiger partial charge in [0.25, 0.3) is 0 Å². The molecule has 0 aliphatic rings. The Hall–Kier alpha value is -0.980. The van der Waals surface area contributed by atoms with Crippen LogP contribution in [-0.2, 0) is 16.0 Å². The molecule has 0 aliphatic heterocycles. The van der Waals surface area contributed by atoms with Crippen LogP contribution in [0.4, 0.5) is 4.39 Å². The summed E-state index contributed by atoms with van der Waals surface area (Å²) >= 11 is 3.29. The highest BCUT2D eigenvalue weighted by Crippen LogP contribution is 2.15. The molecule has 2 N–H and O–H groups in total. The van der Waals surface area contributed by atoms with Crippen LogP contribution in [0.25, 0.3) is 0 Å². The Labute approximate surface area is 120 Å². The second-order valence-corrected chi connectivity index (χ2v) is 5.04. The minimum atomic E-state index is -0.792. The molecule has 0 aliphatic carbocycles. The van der Waals surface area contributed by atoms with Crippen LogP contribution in [0.3, 0.4) is 0 Å². The number of aliphatic hydroxyl groups is 1. The average Bonchev–Trinajstić information content (AvgIpc) is 2.38. The number of esters is 1. The number of carbonyl (C=O) groups excluding carboxylic acids is 1. The maximum Gasteiger partial charge on any atom is 0.308 e. The van der Waals surface area contributed by atoms with Crippen molar-refractivity contribution in [2.24, 2.45) is 0 Å².